The van der Waals surface area contributed by atoms with Gasteiger partial charge in [-0.3, -0.25) is 9.48 Å². The highest BCUT2D eigenvalue weighted by atomic mass is 79.9. The summed E-state index contributed by atoms with van der Waals surface area (Å²) in [7, 11) is 0. The van der Waals surface area contributed by atoms with Gasteiger partial charge in [0.15, 0.2) is 0 Å². The summed E-state index contributed by atoms with van der Waals surface area (Å²) >= 11 is 3.59. The van der Waals surface area contributed by atoms with E-state index >= 15 is 0 Å². The average molecular weight is 329 g/mol. The van der Waals surface area contributed by atoms with Crippen LogP contribution in [0.15, 0.2) is 4.47 Å². The van der Waals surface area contributed by atoms with Gasteiger partial charge in [-0.05, 0) is 42.1 Å². The predicted molar refractivity (Wildman–Crippen MR) is 77.2 cm³/mol. The fourth-order valence-electron chi connectivity index (χ4n) is 2.49. The van der Waals surface area contributed by atoms with Crippen LogP contribution in [0, 0.1) is 5.92 Å². The fraction of sp³-hybridized carbons (Fsp3) is 0.714. The molecule has 4 nitrogen and oxygen atoms in total. The molecular formula is C14H21BrN2O2. The molecule has 2 rings (SSSR count). The van der Waals surface area contributed by atoms with E-state index < -0.39 is 0 Å². The molecule has 0 amide bonds. The molecular weight excluding hydrogens is 308 g/mol. The van der Waals surface area contributed by atoms with Crippen molar-refractivity contribution in [3.05, 3.63) is 15.9 Å². The SMILES string of the molecule is CCc1nn(CC)c(CC(=O)C2CCCOC2)c1Br. The van der Waals surface area contributed by atoms with Gasteiger partial charge in [0.2, 0.25) is 0 Å². The molecule has 0 radical (unpaired) electrons. The van der Waals surface area contributed by atoms with Gasteiger partial charge in [-0.15, -0.1) is 0 Å². The number of nitrogens with zero attached hydrogens (tertiary/aromatic N) is 2. The fourth-order valence-corrected chi connectivity index (χ4v) is 3.19. The molecule has 19 heavy (non-hydrogen) atoms. The van der Waals surface area contributed by atoms with Crippen molar-refractivity contribution in [2.75, 3.05) is 13.2 Å². The molecule has 1 aliphatic rings. The van der Waals surface area contributed by atoms with E-state index in [0.717, 1.165) is 48.3 Å². The van der Waals surface area contributed by atoms with Gasteiger partial charge in [0.05, 0.1) is 22.5 Å². The molecule has 0 spiro atoms. The van der Waals surface area contributed by atoms with Crippen LogP contribution in [-0.4, -0.2) is 28.8 Å². The van der Waals surface area contributed by atoms with Crippen LogP contribution < -0.4 is 0 Å². The Bertz CT molecular complexity index is 451. The van der Waals surface area contributed by atoms with Crippen LogP contribution >= 0.6 is 15.9 Å². The van der Waals surface area contributed by atoms with E-state index in [2.05, 4.69) is 34.9 Å². The molecule has 0 N–H and O–H groups in total. The number of rotatable bonds is 5. The highest BCUT2D eigenvalue weighted by Gasteiger charge is 2.24. The van der Waals surface area contributed by atoms with E-state index in [9.17, 15) is 4.79 Å². The maximum Gasteiger partial charge on any atom is 0.144 e. The lowest BCUT2D eigenvalue weighted by Crippen LogP contribution is -2.27. The number of carbonyl (C=O) groups is 1. The molecule has 1 unspecified atom stereocenters. The highest BCUT2D eigenvalue weighted by molar-refractivity contribution is 9.10. The van der Waals surface area contributed by atoms with Gasteiger partial charge in [-0.1, -0.05) is 6.92 Å². The molecule has 2 heterocycles. The Morgan fingerprint density at radius 3 is 2.89 bits per heavy atom. The van der Waals surface area contributed by atoms with Gasteiger partial charge in [0.1, 0.15) is 5.78 Å². The first kappa shape index (κ1) is 14.7. The van der Waals surface area contributed by atoms with Crippen molar-refractivity contribution in [1.29, 1.82) is 0 Å². The summed E-state index contributed by atoms with van der Waals surface area (Å²) in [5.74, 6) is 0.337. The van der Waals surface area contributed by atoms with Crippen molar-refractivity contribution < 1.29 is 9.53 Å². The summed E-state index contributed by atoms with van der Waals surface area (Å²) in [5.41, 5.74) is 2.04. The Morgan fingerprint density at radius 1 is 1.53 bits per heavy atom. The van der Waals surface area contributed by atoms with Crippen LogP contribution in [0.1, 0.15) is 38.1 Å². The summed E-state index contributed by atoms with van der Waals surface area (Å²) in [5, 5.41) is 4.53. The third-order valence-corrected chi connectivity index (χ3v) is 4.57. The standard InChI is InChI=1S/C14H21BrN2O2/c1-3-11-14(15)12(17(4-2)16-11)8-13(18)10-6-5-7-19-9-10/h10H,3-9H2,1-2H3. The van der Waals surface area contributed by atoms with E-state index in [1.54, 1.807) is 0 Å². The Labute approximate surface area is 122 Å². The van der Waals surface area contributed by atoms with Crippen molar-refractivity contribution in [2.24, 2.45) is 5.92 Å². The number of hydrogen-bond donors (Lipinski definition) is 0. The predicted octanol–water partition coefficient (Wildman–Crippen LogP) is 2.77. The van der Waals surface area contributed by atoms with E-state index in [0.29, 0.717) is 13.0 Å². The van der Waals surface area contributed by atoms with E-state index in [-0.39, 0.29) is 11.7 Å². The van der Waals surface area contributed by atoms with Gasteiger partial charge in [0.25, 0.3) is 0 Å². The second-order valence-electron chi connectivity index (χ2n) is 4.93. The van der Waals surface area contributed by atoms with E-state index in [1.807, 2.05) is 4.68 Å². The summed E-state index contributed by atoms with van der Waals surface area (Å²) in [6.07, 6.45) is 3.28. The number of ketones is 1. The molecule has 1 fully saturated rings. The van der Waals surface area contributed by atoms with Crippen molar-refractivity contribution in [3.63, 3.8) is 0 Å². The number of halogens is 1. The zero-order valence-corrected chi connectivity index (χ0v) is 13.2. The first-order chi connectivity index (χ1) is 9.17. The smallest absolute Gasteiger partial charge is 0.144 e. The van der Waals surface area contributed by atoms with E-state index in [1.165, 1.54) is 0 Å². The molecule has 0 aromatic carbocycles. The lowest BCUT2D eigenvalue weighted by Gasteiger charge is -2.21. The molecule has 1 aromatic heterocycles. The van der Waals surface area contributed by atoms with Gasteiger partial charge < -0.3 is 4.74 Å². The third kappa shape index (κ3) is 3.26. The zero-order valence-electron chi connectivity index (χ0n) is 11.6. The van der Waals surface area contributed by atoms with Crippen molar-refractivity contribution in [1.82, 2.24) is 9.78 Å². The third-order valence-electron chi connectivity index (χ3n) is 3.65. The molecule has 106 valence electrons. The molecule has 5 heteroatoms. The van der Waals surface area contributed by atoms with Crippen LogP contribution in [0.3, 0.4) is 0 Å². The number of Topliss-reactive ketones (excluding diaryl/α,β-unsaturated/α-hetero) is 1. The van der Waals surface area contributed by atoms with Crippen LogP contribution in [0.25, 0.3) is 0 Å². The van der Waals surface area contributed by atoms with Crippen molar-refractivity contribution in [3.8, 4) is 0 Å². The van der Waals surface area contributed by atoms with Crippen LogP contribution in [0.5, 0.6) is 0 Å². The minimum atomic E-state index is 0.0610. The normalized spacial score (nSPS) is 19.6. The van der Waals surface area contributed by atoms with Gasteiger partial charge in [0, 0.05) is 25.5 Å². The molecule has 1 aromatic rings. The number of aromatic nitrogens is 2. The summed E-state index contributed by atoms with van der Waals surface area (Å²) in [6, 6.07) is 0. The summed E-state index contributed by atoms with van der Waals surface area (Å²) in [6.45, 7) is 6.30. The maximum absolute atomic E-state index is 12.3. The number of ether oxygens (including phenoxy) is 1. The van der Waals surface area contributed by atoms with Crippen molar-refractivity contribution in [2.45, 2.75) is 46.1 Å². The molecule has 1 aliphatic heterocycles. The van der Waals surface area contributed by atoms with Crippen LogP contribution in [0.2, 0.25) is 0 Å². The second-order valence-corrected chi connectivity index (χ2v) is 5.73. The van der Waals surface area contributed by atoms with Gasteiger partial charge >= 0.3 is 0 Å². The summed E-state index contributed by atoms with van der Waals surface area (Å²) in [4.78, 5) is 12.3. The van der Waals surface area contributed by atoms with Crippen molar-refractivity contribution >= 4 is 21.7 Å². The Balaban J connectivity index is 2.13. The highest BCUT2D eigenvalue weighted by Crippen LogP contribution is 2.25. The minimum Gasteiger partial charge on any atom is -0.381 e. The quantitative estimate of drug-likeness (QED) is 0.834. The second kappa shape index (κ2) is 6.66. The minimum absolute atomic E-state index is 0.0610. The molecule has 1 saturated heterocycles. The Kier molecular flexibility index (Phi) is 5.16. The number of aryl methyl sites for hydroxylation is 2. The first-order valence-electron chi connectivity index (χ1n) is 7.01. The van der Waals surface area contributed by atoms with Crippen LogP contribution in [0.4, 0.5) is 0 Å². The van der Waals surface area contributed by atoms with Gasteiger partial charge in [-0.25, -0.2) is 0 Å². The molecule has 1 atom stereocenters. The lowest BCUT2D eigenvalue weighted by molar-refractivity contribution is -0.126. The monoisotopic (exact) mass is 328 g/mol. The number of hydrogen-bond acceptors (Lipinski definition) is 3. The lowest BCUT2D eigenvalue weighted by atomic mass is 9.94. The van der Waals surface area contributed by atoms with E-state index in [4.69, 9.17) is 4.74 Å². The Morgan fingerprint density at radius 2 is 2.32 bits per heavy atom. The largest absolute Gasteiger partial charge is 0.381 e. The summed E-state index contributed by atoms with van der Waals surface area (Å²) < 4.78 is 8.34. The molecule has 0 bridgehead atoms. The maximum atomic E-state index is 12.3. The molecule has 0 aliphatic carbocycles. The first-order valence-corrected chi connectivity index (χ1v) is 7.81. The van der Waals surface area contributed by atoms with Crippen LogP contribution in [-0.2, 0) is 28.9 Å². The molecule has 0 saturated carbocycles. The topological polar surface area (TPSA) is 44.1 Å². The number of carbonyl (C=O) groups excluding carboxylic acids is 1. The van der Waals surface area contributed by atoms with Gasteiger partial charge in [-0.2, -0.15) is 5.10 Å². The Hall–Kier alpha value is -0.680. The zero-order chi connectivity index (χ0) is 13.8. The average Bonchev–Trinajstić information content (AvgIpc) is 2.76.